The zero-order valence-corrected chi connectivity index (χ0v) is 12.0. The zero-order chi connectivity index (χ0) is 12.6. The summed E-state index contributed by atoms with van der Waals surface area (Å²) in [5.41, 5.74) is 6.77. The van der Waals surface area contributed by atoms with Crippen molar-refractivity contribution in [2.45, 2.75) is 24.3 Å². The van der Waals surface area contributed by atoms with Gasteiger partial charge < -0.3 is 5.73 Å². The van der Waals surface area contributed by atoms with Gasteiger partial charge in [0, 0.05) is 23.6 Å². The van der Waals surface area contributed by atoms with E-state index < -0.39 is 10.0 Å². The number of hydrogen-bond donors (Lipinski definition) is 1. The Bertz CT molecular complexity index is 530. The number of benzene rings is 1. The van der Waals surface area contributed by atoms with E-state index in [2.05, 4.69) is 15.9 Å². The van der Waals surface area contributed by atoms with E-state index in [1.54, 1.807) is 12.1 Å². The van der Waals surface area contributed by atoms with Crippen LogP contribution in [0.4, 0.5) is 0 Å². The number of sulfonamides is 1. The van der Waals surface area contributed by atoms with Crippen molar-refractivity contribution in [2.24, 2.45) is 5.73 Å². The summed E-state index contributed by atoms with van der Waals surface area (Å²) in [6.45, 7) is 2.83. The quantitative estimate of drug-likeness (QED) is 0.898. The third kappa shape index (κ3) is 2.54. The van der Waals surface area contributed by atoms with Crippen LogP contribution in [-0.2, 0) is 10.0 Å². The Hall–Kier alpha value is -0.430. The number of rotatable bonds is 2. The van der Waals surface area contributed by atoms with Crippen molar-refractivity contribution in [3.05, 3.63) is 28.2 Å². The van der Waals surface area contributed by atoms with E-state index >= 15 is 0 Å². The molecule has 1 aromatic carbocycles. The second kappa shape index (κ2) is 4.68. The van der Waals surface area contributed by atoms with Gasteiger partial charge in [0.15, 0.2) is 0 Å². The van der Waals surface area contributed by atoms with E-state index in [0.29, 0.717) is 22.5 Å². The lowest BCUT2D eigenvalue weighted by atomic mass is 10.2. The van der Waals surface area contributed by atoms with Crippen LogP contribution in [0.25, 0.3) is 0 Å². The lowest BCUT2D eigenvalue weighted by Gasteiger charge is -2.17. The number of halogens is 1. The first-order valence-corrected chi connectivity index (χ1v) is 7.66. The molecule has 0 aliphatic carbocycles. The first kappa shape index (κ1) is 13.0. The predicted octanol–water partition coefficient (Wildman–Crippen LogP) is 1.48. The van der Waals surface area contributed by atoms with Gasteiger partial charge in [0.1, 0.15) is 0 Å². The Morgan fingerprint density at radius 2 is 2.18 bits per heavy atom. The summed E-state index contributed by atoms with van der Waals surface area (Å²) in [4.78, 5) is 0.317. The third-order valence-electron chi connectivity index (χ3n) is 2.89. The molecule has 17 heavy (non-hydrogen) atoms. The minimum absolute atomic E-state index is 0.0472. The second-order valence-electron chi connectivity index (χ2n) is 4.35. The zero-order valence-electron chi connectivity index (χ0n) is 9.56. The molecule has 1 aliphatic rings. The fourth-order valence-electron chi connectivity index (χ4n) is 1.93. The van der Waals surface area contributed by atoms with Gasteiger partial charge in [-0.25, -0.2) is 8.42 Å². The molecule has 1 aliphatic heterocycles. The molecule has 0 spiro atoms. The molecule has 4 nitrogen and oxygen atoms in total. The maximum atomic E-state index is 12.4. The Balaban J connectivity index is 2.38. The molecule has 0 unspecified atom stereocenters. The van der Waals surface area contributed by atoms with Crippen molar-refractivity contribution >= 4 is 26.0 Å². The normalized spacial score (nSPS) is 21.9. The van der Waals surface area contributed by atoms with Crippen LogP contribution in [0.3, 0.4) is 0 Å². The van der Waals surface area contributed by atoms with Crippen LogP contribution in [-0.4, -0.2) is 31.9 Å². The molecule has 2 N–H and O–H groups in total. The van der Waals surface area contributed by atoms with E-state index in [9.17, 15) is 8.42 Å². The lowest BCUT2D eigenvalue weighted by Crippen LogP contribution is -2.32. The summed E-state index contributed by atoms with van der Waals surface area (Å²) in [6.07, 6.45) is 0.725. The van der Waals surface area contributed by atoms with Crippen molar-refractivity contribution in [3.8, 4) is 0 Å². The van der Waals surface area contributed by atoms with Gasteiger partial charge in [-0.05, 0) is 47.0 Å². The van der Waals surface area contributed by atoms with Crippen LogP contribution >= 0.6 is 15.9 Å². The molecule has 0 saturated carbocycles. The molecule has 0 radical (unpaired) electrons. The highest BCUT2D eigenvalue weighted by Crippen LogP contribution is 2.27. The molecule has 1 fully saturated rings. The van der Waals surface area contributed by atoms with Gasteiger partial charge in [0.2, 0.25) is 10.0 Å². The Labute approximate surface area is 110 Å². The van der Waals surface area contributed by atoms with Gasteiger partial charge in [0.25, 0.3) is 0 Å². The highest BCUT2D eigenvalue weighted by Gasteiger charge is 2.31. The van der Waals surface area contributed by atoms with Gasteiger partial charge in [-0.3, -0.25) is 0 Å². The van der Waals surface area contributed by atoms with Crippen LogP contribution < -0.4 is 5.73 Å². The number of nitrogens with two attached hydrogens (primary N) is 1. The van der Waals surface area contributed by atoms with Crippen LogP contribution in [0.1, 0.15) is 12.0 Å². The molecule has 1 heterocycles. The predicted molar refractivity (Wildman–Crippen MR) is 70.2 cm³/mol. The highest BCUT2D eigenvalue weighted by atomic mass is 79.9. The standard InChI is InChI=1S/C11H15BrN2O2S/c1-8-2-3-11(10(12)6-8)17(15,16)14-5-4-9(13)7-14/h2-3,6,9H,4-5,7,13H2,1H3/t9-/m1/s1. The fraction of sp³-hybridized carbons (Fsp3) is 0.455. The second-order valence-corrected chi connectivity index (χ2v) is 7.11. The molecule has 2 rings (SSSR count). The molecule has 0 aromatic heterocycles. The molecular formula is C11H15BrN2O2S. The maximum Gasteiger partial charge on any atom is 0.244 e. The lowest BCUT2D eigenvalue weighted by molar-refractivity contribution is 0.472. The topological polar surface area (TPSA) is 63.4 Å². The SMILES string of the molecule is Cc1ccc(S(=O)(=O)N2CC[C@@H](N)C2)c(Br)c1. The van der Waals surface area contributed by atoms with Crippen molar-refractivity contribution in [3.63, 3.8) is 0 Å². The fourth-order valence-corrected chi connectivity index (χ4v) is 4.59. The van der Waals surface area contributed by atoms with Crippen molar-refractivity contribution in [1.29, 1.82) is 0 Å². The minimum Gasteiger partial charge on any atom is -0.326 e. The molecule has 0 bridgehead atoms. The van der Waals surface area contributed by atoms with Crippen LogP contribution in [0, 0.1) is 6.92 Å². The molecular weight excluding hydrogens is 304 g/mol. The molecule has 6 heteroatoms. The number of aryl methyl sites for hydroxylation is 1. The largest absolute Gasteiger partial charge is 0.326 e. The Morgan fingerprint density at radius 1 is 1.47 bits per heavy atom. The van der Waals surface area contributed by atoms with E-state index in [4.69, 9.17) is 5.73 Å². The van der Waals surface area contributed by atoms with Crippen molar-refractivity contribution in [1.82, 2.24) is 4.31 Å². The first-order valence-electron chi connectivity index (χ1n) is 5.43. The van der Waals surface area contributed by atoms with Crippen molar-refractivity contribution < 1.29 is 8.42 Å². The maximum absolute atomic E-state index is 12.4. The summed E-state index contributed by atoms with van der Waals surface area (Å²) in [6, 6.07) is 5.20. The van der Waals surface area contributed by atoms with E-state index in [-0.39, 0.29) is 6.04 Å². The molecule has 1 aromatic rings. The minimum atomic E-state index is -3.41. The van der Waals surface area contributed by atoms with Crippen LogP contribution in [0.5, 0.6) is 0 Å². The first-order chi connectivity index (χ1) is 7.91. The average molecular weight is 319 g/mol. The van der Waals surface area contributed by atoms with Gasteiger partial charge in [-0.2, -0.15) is 4.31 Å². The summed E-state index contributed by atoms with van der Waals surface area (Å²) in [5, 5.41) is 0. The Morgan fingerprint density at radius 3 is 2.71 bits per heavy atom. The smallest absolute Gasteiger partial charge is 0.244 e. The monoisotopic (exact) mass is 318 g/mol. The summed E-state index contributed by atoms with van der Waals surface area (Å²) in [7, 11) is -3.41. The van der Waals surface area contributed by atoms with Gasteiger partial charge in [0.05, 0.1) is 4.90 Å². The van der Waals surface area contributed by atoms with Gasteiger partial charge in [-0.15, -0.1) is 0 Å². The number of nitrogens with zero attached hydrogens (tertiary/aromatic N) is 1. The Kier molecular flexibility index (Phi) is 3.58. The summed E-state index contributed by atoms with van der Waals surface area (Å²) in [5.74, 6) is 0. The highest BCUT2D eigenvalue weighted by molar-refractivity contribution is 9.10. The van der Waals surface area contributed by atoms with E-state index in [1.165, 1.54) is 4.31 Å². The summed E-state index contributed by atoms with van der Waals surface area (Å²) < 4.78 is 26.8. The molecule has 94 valence electrons. The number of hydrogen-bond acceptors (Lipinski definition) is 3. The van der Waals surface area contributed by atoms with Crippen molar-refractivity contribution in [2.75, 3.05) is 13.1 Å². The van der Waals surface area contributed by atoms with E-state index in [0.717, 1.165) is 12.0 Å². The van der Waals surface area contributed by atoms with Gasteiger partial charge >= 0.3 is 0 Å². The molecule has 1 atom stereocenters. The summed E-state index contributed by atoms with van der Waals surface area (Å²) >= 11 is 3.31. The van der Waals surface area contributed by atoms with E-state index in [1.807, 2.05) is 13.0 Å². The van der Waals surface area contributed by atoms with Crippen LogP contribution in [0.15, 0.2) is 27.6 Å². The molecule has 0 amide bonds. The molecule has 1 saturated heterocycles. The van der Waals surface area contributed by atoms with Gasteiger partial charge in [-0.1, -0.05) is 6.07 Å². The van der Waals surface area contributed by atoms with Crippen LogP contribution in [0.2, 0.25) is 0 Å². The third-order valence-corrected chi connectivity index (χ3v) is 5.73. The average Bonchev–Trinajstić information content (AvgIpc) is 2.64.